The second kappa shape index (κ2) is 7.15. The molecule has 1 amide bonds. The SMILES string of the molecule is CS(=O)CCC(=O)N1[C@@H](c2ccccc2O)SC[C@H]1C(=O)O. The zero-order valence-corrected chi connectivity index (χ0v) is 13.6. The Hall–Kier alpha value is -1.54. The number of hydrogen-bond acceptors (Lipinski definition) is 5. The summed E-state index contributed by atoms with van der Waals surface area (Å²) >= 11 is 1.31. The van der Waals surface area contributed by atoms with Gasteiger partial charge in [0.15, 0.2) is 0 Å². The first-order valence-corrected chi connectivity index (χ1v) is 9.43. The maximum atomic E-state index is 12.4. The fourth-order valence-corrected chi connectivity index (χ4v) is 4.23. The normalized spacial score (nSPS) is 22.5. The molecular formula is C14H17NO5S2. The number of phenols is 1. The minimum atomic E-state index is -1.12. The van der Waals surface area contributed by atoms with Crippen molar-refractivity contribution >= 4 is 34.4 Å². The molecule has 6 nitrogen and oxygen atoms in total. The van der Waals surface area contributed by atoms with E-state index in [1.54, 1.807) is 18.2 Å². The van der Waals surface area contributed by atoms with Crippen LogP contribution in [0.25, 0.3) is 0 Å². The van der Waals surface area contributed by atoms with Crippen molar-refractivity contribution in [1.82, 2.24) is 4.90 Å². The molecule has 1 saturated heterocycles. The second-order valence-electron chi connectivity index (χ2n) is 4.93. The average Bonchev–Trinajstić information content (AvgIpc) is 2.90. The molecule has 0 aliphatic carbocycles. The van der Waals surface area contributed by atoms with Crippen molar-refractivity contribution in [1.29, 1.82) is 0 Å². The van der Waals surface area contributed by atoms with Crippen LogP contribution in [0.5, 0.6) is 5.75 Å². The van der Waals surface area contributed by atoms with E-state index in [1.807, 2.05) is 0 Å². The Bertz CT molecular complexity index is 607. The minimum absolute atomic E-state index is 0.0253. The summed E-state index contributed by atoms with van der Waals surface area (Å²) in [5.41, 5.74) is 0.516. The third-order valence-corrected chi connectivity index (χ3v) is 5.46. The van der Waals surface area contributed by atoms with E-state index < -0.39 is 28.2 Å². The number of phenolic OH excluding ortho intramolecular Hbond substituents is 1. The summed E-state index contributed by atoms with van der Waals surface area (Å²) in [7, 11) is -1.12. The number of rotatable bonds is 5. The van der Waals surface area contributed by atoms with Crippen LogP contribution in [0.15, 0.2) is 24.3 Å². The molecule has 1 unspecified atom stereocenters. The van der Waals surface area contributed by atoms with Gasteiger partial charge in [0.05, 0.1) is 0 Å². The van der Waals surface area contributed by atoms with Crippen LogP contribution in [0.1, 0.15) is 17.4 Å². The van der Waals surface area contributed by atoms with Crippen LogP contribution >= 0.6 is 11.8 Å². The van der Waals surface area contributed by atoms with Gasteiger partial charge in [0.25, 0.3) is 0 Å². The van der Waals surface area contributed by atoms with Gasteiger partial charge in [0.2, 0.25) is 5.91 Å². The summed E-state index contributed by atoms with van der Waals surface area (Å²) in [6.07, 6.45) is 1.53. The summed E-state index contributed by atoms with van der Waals surface area (Å²) in [6, 6.07) is 5.64. The van der Waals surface area contributed by atoms with E-state index in [4.69, 9.17) is 0 Å². The molecular weight excluding hydrogens is 326 g/mol. The standard InChI is InChI=1S/C14H17NO5S2/c1-22(20)7-6-12(17)15-10(14(18)19)8-21-13(15)9-4-2-3-5-11(9)16/h2-5,10,13,16H,6-8H2,1H3,(H,18,19)/t10-,13+,22?/m0/s1. The molecule has 1 heterocycles. The molecule has 1 aliphatic heterocycles. The van der Waals surface area contributed by atoms with Crippen LogP contribution in [-0.4, -0.2) is 55.0 Å². The van der Waals surface area contributed by atoms with E-state index in [0.29, 0.717) is 5.56 Å². The van der Waals surface area contributed by atoms with E-state index >= 15 is 0 Å². The number of carboxylic acid groups (broad SMARTS) is 1. The molecule has 0 saturated carbocycles. The van der Waals surface area contributed by atoms with Crippen molar-refractivity contribution < 1.29 is 24.0 Å². The highest BCUT2D eigenvalue weighted by molar-refractivity contribution is 7.99. The van der Waals surface area contributed by atoms with Crippen LogP contribution in [0, 0.1) is 0 Å². The number of aliphatic carboxylic acids is 1. The Morgan fingerprint density at radius 3 is 2.68 bits per heavy atom. The number of nitrogens with zero attached hydrogens (tertiary/aromatic N) is 1. The molecule has 3 atom stereocenters. The van der Waals surface area contributed by atoms with Crippen molar-refractivity contribution in [3.63, 3.8) is 0 Å². The lowest BCUT2D eigenvalue weighted by atomic mass is 10.1. The number of thioether (sulfide) groups is 1. The van der Waals surface area contributed by atoms with Crippen molar-refractivity contribution in [3.05, 3.63) is 29.8 Å². The summed E-state index contributed by atoms with van der Waals surface area (Å²) in [4.78, 5) is 25.1. The highest BCUT2D eigenvalue weighted by Crippen LogP contribution is 2.44. The Kier molecular flexibility index (Phi) is 5.47. The van der Waals surface area contributed by atoms with Crippen LogP contribution in [0.2, 0.25) is 0 Å². The Labute approximate surface area is 135 Å². The molecule has 0 radical (unpaired) electrons. The van der Waals surface area contributed by atoms with Crippen molar-refractivity contribution in [2.24, 2.45) is 0 Å². The van der Waals surface area contributed by atoms with Gasteiger partial charge in [-0.05, 0) is 6.07 Å². The van der Waals surface area contributed by atoms with Crippen LogP contribution in [0.4, 0.5) is 0 Å². The molecule has 8 heteroatoms. The number of carboxylic acids is 1. The van der Waals surface area contributed by atoms with Gasteiger partial charge < -0.3 is 15.1 Å². The maximum Gasteiger partial charge on any atom is 0.327 e. The van der Waals surface area contributed by atoms with Crippen LogP contribution in [0.3, 0.4) is 0 Å². The third-order valence-electron chi connectivity index (χ3n) is 3.38. The largest absolute Gasteiger partial charge is 0.508 e. The second-order valence-corrected chi connectivity index (χ2v) is 7.59. The zero-order valence-electron chi connectivity index (χ0n) is 12.0. The minimum Gasteiger partial charge on any atom is -0.508 e. The van der Waals surface area contributed by atoms with Gasteiger partial charge in [-0.2, -0.15) is 0 Å². The third kappa shape index (κ3) is 3.61. The van der Waals surface area contributed by atoms with Crippen LogP contribution < -0.4 is 0 Å². The van der Waals surface area contributed by atoms with Crippen molar-refractivity contribution in [2.75, 3.05) is 17.8 Å². The molecule has 1 aromatic rings. The monoisotopic (exact) mass is 343 g/mol. The number of hydrogen-bond donors (Lipinski definition) is 2. The Balaban J connectivity index is 2.29. The summed E-state index contributed by atoms with van der Waals surface area (Å²) in [5.74, 6) is -0.949. The van der Waals surface area contributed by atoms with Gasteiger partial charge in [-0.15, -0.1) is 11.8 Å². The molecule has 1 fully saturated rings. The lowest BCUT2D eigenvalue weighted by Gasteiger charge is -2.28. The first kappa shape index (κ1) is 16.8. The molecule has 0 aromatic heterocycles. The number of carbonyl (C=O) groups excluding carboxylic acids is 1. The summed E-state index contributed by atoms with van der Waals surface area (Å²) in [5, 5.41) is 18.7. The molecule has 0 spiro atoms. The van der Waals surface area contributed by atoms with Gasteiger partial charge >= 0.3 is 5.97 Å². The highest BCUT2D eigenvalue weighted by Gasteiger charge is 2.42. The molecule has 2 rings (SSSR count). The topological polar surface area (TPSA) is 94.9 Å². The number of amides is 1. The first-order valence-electron chi connectivity index (χ1n) is 6.65. The number of para-hydroxylation sites is 1. The van der Waals surface area contributed by atoms with Gasteiger partial charge in [-0.1, -0.05) is 18.2 Å². The average molecular weight is 343 g/mol. The molecule has 120 valence electrons. The van der Waals surface area contributed by atoms with E-state index in [2.05, 4.69) is 0 Å². The molecule has 1 aromatic carbocycles. The van der Waals surface area contributed by atoms with Gasteiger partial charge in [-0.25, -0.2) is 4.79 Å². The lowest BCUT2D eigenvalue weighted by Crippen LogP contribution is -2.43. The maximum absolute atomic E-state index is 12.4. The highest BCUT2D eigenvalue weighted by atomic mass is 32.2. The number of carbonyl (C=O) groups is 2. The molecule has 1 aliphatic rings. The molecule has 22 heavy (non-hydrogen) atoms. The van der Waals surface area contributed by atoms with Gasteiger partial charge in [0.1, 0.15) is 17.2 Å². The summed E-state index contributed by atoms with van der Waals surface area (Å²) < 4.78 is 11.2. The van der Waals surface area contributed by atoms with E-state index in [9.17, 15) is 24.0 Å². The smallest absolute Gasteiger partial charge is 0.327 e. The Morgan fingerprint density at radius 2 is 2.09 bits per heavy atom. The molecule has 0 bridgehead atoms. The van der Waals surface area contributed by atoms with Crippen molar-refractivity contribution in [3.8, 4) is 5.75 Å². The number of benzene rings is 1. The van der Waals surface area contributed by atoms with Gasteiger partial charge in [-0.3, -0.25) is 9.00 Å². The predicted octanol–water partition coefficient (Wildman–Crippen LogP) is 1.19. The lowest BCUT2D eigenvalue weighted by molar-refractivity contribution is -0.149. The van der Waals surface area contributed by atoms with Crippen molar-refractivity contribution in [2.45, 2.75) is 17.8 Å². The molecule has 2 N–H and O–H groups in total. The fourth-order valence-electron chi connectivity index (χ4n) is 2.30. The van der Waals surface area contributed by atoms with E-state index in [-0.39, 0.29) is 29.6 Å². The zero-order chi connectivity index (χ0) is 16.3. The fraction of sp³-hybridized carbons (Fsp3) is 0.429. The predicted molar refractivity (Wildman–Crippen MR) is 85.1 cm³/mol. The first-order chi connectivity index (χ1) is 10.4. The van der Waals surface area contributed by atoms with Gasteiger partial charge in [0, 0.05) is 40.5 Å². The van der Waals surface area contributed by atoms with Crippen LogP contribution in [-0.2, 0) is 20.4 Å². The van der Waals surface area contributed by atoms with E-state index in [1.165, 1.54) is 29.0 Å². The quantitative estimate of drug-likeness (QED) is 0.834. The van der Waals surface area contributed by atoms with E-state index in [0.717, 1.165) is 0 Å². The number of aromatic hydroxyl groups is 1. The Morgan fingerprint density at radius 1 is 1.41 bits per heavy atom. The summed E-state index contributed by atoms with van der Waals surface area (Å²) in [6.45, 7) is 0.